The molecule has 0 aromatic heterocycles. The maximum Gasteiger partial charge on any atom is 0.322 e. The molecule has 0 fully saturated rings. The lowest BCUT2D eigenvalue weighted by Crippen LogP contribution is -2.28. The van der Waals surface area contributed by atoms with E-state index in [0.717, 1.165) is 77.0 Å². The molecule has 0 heterocycles. The zero-order valence-corrected chi connectivity index (χ0v) is 32.5. The van der Waals surface area contributed by atoms with Crippen LogP contribution in [0.5, 0.6) is 0 Å². The van der Waals surface area contributed by atoms with E-state index in [1.165, 1.54) is 96.3 Å². The number of nitrogens with one attached hydrogen (secondary N) is 1. The monoisotopic (exact) mass is 700 g/mol. The number of carbonyl (C=O) groups excluding carboxylic acids is 2. The average Bonchev–Trinajstić information content (AvgIpc) is 3.10. The maximum atomic E-state index is 12.7. The summed E-state index contributed by atoms with van der Waals surface area (Å²) < 4.78 is 5.91. The lowest BCUT2D eigenvalue weighted by Gasteiger charge is -2.14. The van der Waals surface area contributed by atoms with Crippen LogP contribution in [0.4, 0.5) is 0 Å². The number of aliphatic carboxylic acids is 1. The molecule has 0 spiro atoms. The summed E-state index contributed by atoms with van der Waals surface area (Å²) in [5.74, 6) is -1.33. The van der Waals surface area contributed by atoms with E-state index in [4.69, 9.17) is 9.84 Å². The summed E-state index contributed by atoms with van der Waals surface area (Å²) in [4.78, 5) is 34.9. The van der Waals surface area contributed by atoms with Crippen LogP contribution in [-0.4, -0.2) is 35.6 Å². The molecule has 288 valence electrons. The van der Waals surface area contributed by atoms with Crippen LogP contribution < -0.4 is 5.32 Å². The van der Waals surface area contributed by atoms with Gasteiger partial charge in [0.2, 0.25) is 5.91 Å². The number of hydrogen-bond acceptors (Lipinski definition) is 4. The maximum absolute atomic E-state index is 12.7. The number of carbonyl (C=O) groups is 3. The lowest BCUT2D eigenvalue weighted by atomic mass is 10.0. The van der Waals surface area contributed by atoms with Gasteiger partial charge in [0.1, 0.15) is 12.6 Å². The SMILES string of the molecule is CC/C=C\C/C=C\C/C=C\C/C=C\C(CCCCCCCC(=O)NCC(=O)O)OC(=O)CCCCCCCCCCCCCCCCCCC. The number of ether oxygens (including phenoxy) is 1. The highest BCUT2D eigenvalue weighted by molar-refractivity contribution is 5.80. The average molecular weight is 700 g/mol. The smallest absolute Gasteiger partial charge is 0.322 e. The number of amides is 1. The van der Waals surface area contributed by atoms with E-state index in [0.29, 0.717) is 12.8 Å². The molecule has 6 nitrogen and oxygen atoms in total. The summed E-state index contributed by atoms with van der Waals surface area (Å²) in [6.45, 7) is 4.10. The quantitative estimate of drug-likeness (QED) is 0.0382. The summed E-state index contributed by atoms with van der Waals surface area (Å²) in [6.07, 6.45) is 49.7. The third-order valence-corrected chi connectivity index (χ3v) is 9.00. The third kappa shape index (κ3) is 38.2. The van der Waals surface area contributed by atoms with E-state index < -0.39 is 5.97 Å². The zero-order chi connectivity index (χ0) is 36.6. The van der Waals surface area contributed by atoms with Crippen LogP contribution in [0.1, 0.15) is 200 Å². The number of allylic oxidation sites excluding steroid dienone is 7. The van der Waals surface area contributed by atoms with E-state index in [1.807, 2.05) is 0 Å². The summed E-state index contributed by atoms with van der Waals surface area (Å²) in [6, 6.07) is 0. The minimum Gasteiger partial charge on any atom is -0.480 e. The van der Waals surface area contributed by atoms with Gasteiger partial charge in [-0.25, -0.2) is 0 Å². The number of carboxylic acids is 1. The van der Waals surface area contributed by atoms with Crippen LogP contribution in [0, 0.1) is 0 Å². The minimum atomic E-state index is -1.03. The number of rotatable bonds is 37. The molecule has 1 unspecified atom stereocenters. The molecule has 0 bridgehead atoms. The Morgan fingerprint density at radius 1 is 0.540 bits per heavy atom. The van der Waals surface area contributed by atoms with Gasteiger partial charge in [0.05, 0.1) is 0 Å². The van der Waals surface area contributed by atoms with E-state index in [2.05, 4.69) is 67.8 Å². The largest absolute Gasteiger partial charge is 0.480 e. The second-order valence-corrected chi connectivity index (χ2v) is 13.9. The van der Waals surface area contributed by atoms with Crippen molar-refractivity contribution in [1.82, 2.24) is 5.32 Å². The molecule has 50 heavy (non-hydrogen) atoms. The van der Waals surface area contributed by atoms with Crippen molar-refractivity contribution in [3.05, 3.63) is 48.6 Å². The highest BCUT2D eigenvalue weighted by Gasteiger charge is 2.11. The lowest BCUT2D eigenvalue weighted by molar-refractivity contribution is -0.147. The standard InChI is InChI=1S/C44H77NO5/c1-3-5-7-9-11-13-15-16-17-18-19-20-22-24-26-31-35-39-44(49)50-41(36-32-28-25-23-21-14-12-10-8-6-4-2)37-33-29-27-30-34-38-42(46)45-40-43(47)48/h6,8,12,14,23,25,32,36,41H,3-5,7,9-11,13,15-22,24,26-31,33-35,37-40H2,1-2H3,(H,45,46)(H,47,48)/b8-6-,14-12-,25-23-,36-32-. The van der Waals surface area contributed by atoms with E-state index in [9.17, 15) is 14.4 Å². The van der Waals surface area contributed by atoms with Crippen molar-refractivity contribution in [3.8, 4) is 0 Å². The summed E-state index contributed by atoms with van der Waals surface area (Å²) >= 11 is 0. The van der Waals surface area contributed by atoms with Gasteiger partial charge < -0.3 is 15.2 Å². The van der Waals surface area contributed by atoms with Gasteiger partial charge in [-0.2, -0.15) is 0 Å². The van der Waals surface area contributed by atoms with E-state index in [-0.39, 0.29) is 24.5 Å². The van der Waals surface area contributed by atoms with Gasteiger partial charge in [0.15, 0.2) is 0 Å². The van der Waals surface area contributed by atoms with Gasteiger partial charge in [-0.15, -0.1) is 0 Å². The van der Waals surface area contributed by atoms with Crippen LogP contribution in [-0.2, 0) is 19.1 Å². The summed E-state index contributed by atoms with van der Waals surface area (Å²) in [7, 11) is 0. The van der Waals surface area contributed by atoms with Gasteiger partial charge in [-0.1, -0.05) is 178 Å². The van der Waals surface area contributed by atoms with E-state index >= 15 is 0 Å². The summed E-state index contributed by atoms with van der Waals surface area (Å²) in [5.41, 5.74) is 0. The second kappa shape index (κ2) is 39.2. The Bertz CT molecular complexity index is 906. The van der Waals surface area contributed by atoms with Gasteiger partial charge in [-0.3, -0.25) is 14.4 Å². The molecule has 0 rings (SSSR count). The van der Waals surface area contributed by atoms with Crippen molar-refractivity contribution < 1.29 is 24.2 Å². The Balaban J connectivity index is 4.22. The van der Waals surface area contributed by atoms with Gasteiger partial charge in [0, 0.05) is 12.8 Å². The highest BCUT2D eigenvalue weighted by Crippen LogP contribution is 2.16. The molecule has 6 heteroatoms. The fraction of sp³-hybridized carbons (Fsp3) is 0.750. The van der Waals surface area contributed by atoms with Crippen LogP contribution in [0.2, 0.25) is 0 Å². The minimum absolute atomic E-state index is 0.0919. The van der Waals surface area contributed by atoms with E-state index in [1.54, 1.807) is 0 Å². The molecule has 0 saturated heterocycles. The van der Waals surface area contributed by atoms with Crippen molar-refractivity contribution in [2.24, 2.45) is 0 Å². The molecule has 0 aromatic carbocycles. The second-order valence-electron chi connectivity index (χ2n) is 13.9. The molecular weight excluding hydrogens is 622 g/mol. The van der Waals surface area contributed by atoms with Crippen molar-refractivity contribution in [3.63, 3.8) is 0 Å². The zero-order valence-electron chi connectivity index (χ0n) is 32.5. The Morgan fingerprint density at radius 2 is 0.960 bits per heavy atom. The molecule has 0 saturated carbocycles. The molecular formula is C44H77NO5. The van der Waals surface area contributed by atoms with Crippen molar-refractivity contribution in [2.75, 3.05) is 6.54 Å². The van der Waals surface area contributed by atoms with Gasteiger partial charge >= 0.3 is 11.9 Å². The highest BCUT2D eigenvalue weighted by atomic mass is 16.5. The Morgan fingerprint density at radius 3 is 1.44 bits per heavy atom. The molecule has 0 radical (unpaired) electrons. The normalized spacial score (nSPS) is 12.5. The van der Waals surface area contributed by atoms with Gasteiger partial charge in [-0.05, 0) is 57.4 Å². The number of hydrogen-bond donors (Lipinski definition) is 2. The first-order valence-electron chi connectivity index (χ1n) is 20.8. The first-order valence-corrected chi connectivity index (χ1v) is 20.8. The van der Waals surface area contributed by atoms with Crippen LogP contribution in [0.25, 0.3) is 0 Å². The Labute approximate surface area is 308 Å². The predicted octanol–water partition coefficient (Wildman–Crippen LogP) is 12.7. The van der Waals surface area contributed by atoms with Crippen LogP contribution in [0.3, 0.4) is 0 Å². The first-order chi connectivity index (χ1) is 24.5. The third-order valence-electron chi connectivity index (χ3n) is 9.00. The van der Waals surface area contributed by atoms with Gasteiger partial charge in [0.25, 0.3) is 0 Å². The summed E-state index contributed by atoms with van der Waals surface area (Å²) in [5, 5.41) is 11.1. The van der Waals surface area contributed by atoms with Crippen molar-refractivity contribution in [2.45, 2.75) is 206 Å². The molecule has 1 atom stereocenters. The molecule has 2 N–H and O–H groups in total. The first kappa shape index (κ1) is 47.4. The molecule has 0 aliphatic rings. The molecule has 0 aliphatic heterocycles. The van der Waals surface area contributed by atoms with Crippen molar-refractivity contribution in [1.29, 1.82) is 0 Å². The van der Waals surface area contributed by atoms with Crippen LogP contribution >= 0.6 is 0 Å². The topological polar surface area (TPSA) is 92.7 Å². The predicted molar refractivity (Wildman–Crippen MR) is 212 cm³/mol. The number of esters is 1. The van der Waals surface area contributed by atoms with Crippen molar-refractivity contribution >= 4 is 17.8 Å². The Hall–Kier alpha value is -2.63. The fourth-order valence-electron chi connectivity index (χ4n) is 5.95. The van der Waals surface area contributed by atoms with Crippen LogP contribution in [0.15, 0.2) is 48.6 Å². The molecule has 1 amide bonds. The fourth-order valence-corrected chi connectivity index (χ4v) is 5.95. The number of carboxylic acid groups (broad SMARTS) is 1. The Kier molecular flexibility index (Phi) is 37.1. The molecule has 0 aromatic rings. The molecule has 0 aliphatic carbocycles. The number of unbranched alkanes of at least 4 members (excludes halogenated alkanes) is 20.